The van der Waals surface area contributed by atoms with E-state index in [1.807, 2.05) is 6.20 Å². The molecule has 1 aliphatic heterocycles. The molecule has 1 saturated heterocycles. The van der Waals surface area contributed by atoms with Gasteiger partial charge in [-0.05, 0) is 65.8 Å². The second kappa shape index (κ2) is 7.77. The van der Waals surface area contributed by atoms with Crippen molar-refractivity contribution in [1.29, 1.82) is 0 Å². The second-order valence-corrected chi connectivity index (χ2v) is 10.1. The van der Waals surface area contributed by atoms with Crippen LogP contribution < -0.4 is 10.2 Å². The number of rotatable bonds is 6. The van der Waals surface area contributed by atoms with Crippen molar-refractivity contribution in [2.45, 2.75) is 70.3 Å². The molecule has 1 fully saturated rings. The molecule has 5 heteroatoms. The van der Waals surface area contributed by atoms with E-state index < -0.39 is 0 Å². The molecule has 1 aromatic heterocycles. The van der Waals surface area contributed by atoms with Crippen LogP contribution in [0, 0.1) is 0 Å². The summed E-state index contributed by atoms with van der Waals surface area (Å²) in [6, 6.07) is 7.45. The van der Waals surface area contributed by atoms with Gasteiger partial charge in [0, 0.05) is 25.7 Å². The molecule has 5 nitrogen and oxygen atoms in total. The monoisotopic (exact) mass is 396 g/mol. The van der Waals surface area contributed by atoms with Gasteiger partial charge in [-0.3, -0.25) is 0 Å². The number of anilines is 1. The number of H-pyrrole nitrogens is 1. The Bertz CT molecular complexity index is 854. The molecular formula is C24H36N4O. The predicted molar refractivity (Wildman–Crippen MR) is 120 cm³/mol. The van der Waals surface area contributed by atoms with Crippen LogP contribution in [0.3, 0.4) is 0 Å². The smallest absolute Gasteiger partial charge is 0.203 e. The van der Waals surface area contributed by atoms with Crippen molar-refractivity contribution in [3.05, 3.63) is 35.5 Å². The number of hydrogen-bond donors (Lipinski definition) is 3. The lowest BCUT2D eigenvalue weighted by Crippen LogP contribution is -2.33. The number of nitrogens with one attached hydrogen (secondary N) is 2. The van der Waals surface area contributed by atoms with E-state index in [0.717, 1.165) is 44.1 Å². The van der Waals surface area contributed by atoms with E-state index in [4.69, 9.17) is 5.11 Å². The predicted octanol–water partition coefficient (Wildman–Crippen LogP) is 3.98. The average molecular weight is 397 g/mol. The molecule has 2 aromatic rings. The highest BCUT2D eigenvalue weighted by Crippen LogP contribution is 2.46. The Kier molecular flexibility index (Phi) is 5.47. The lowest BCUT2D eigenvalue weighted by molar-refractivity contribution is 0.284. The number of hydrogen-bond acceptors (Lipinski definition) is 4. The number of aliphatic hydroxyl groups is 1. The van der Waals surface area contributed by atoms with E-state index in [2.05, 4.69) is 66.1 Å². The number of imidazole rings is 1. The highest BCUT2D eigenvalue weighted by molar-refractivity contribution is 5.64. The minimum Gasteiger partial charge on any atom is -0.396 e. The first-order valence-corrected chi connectivity index (χ1v) is 11.1. The van der Waals surface area contributed by atoms with Crippen molar-refractivity contribution in [1.82, 2.24) is 15.3 Å². The second-order valence-electron chi connectivity index (χ2n) is 10.1. The molecule has 1 aromatic carbocycles. The van der Waals surface area contributed by atoms with Crippen LogP contribution in [0.1, 0.15) is 64.5 Å². The van der Waals surface area contributed by atoms with E-state index in [1.165, 1.54) is 29.5 Å². The summed E-state index contributed by atoms with van der Waals surface area (Å²) in [6.45, 7) is 12.6. The number of aliphatic hydroxyl groups excluding tert-OH is 1. The summed E-state index contributed by atoms with van der Waals surface area (Å²) in [5.41, 5.74) is 5.76. The van der Waals surface area contributed by atoms with Crippen molar-refractivity contribution in [3.63, 3.8) is 0 Å². The molecule has 0 spiro atoms. The van der Waals surface area contributed by atoms with Gasteiger partial charge in [0.15, 0.2) is 0 Å². The average Bonchev–Trinajstić information content (AvgIpc) is 3.35. The van der Waals surface area contributed by atoms with Gasteiger partial charge in [0.1, 0.15) is 0 Å². The van der Waals surface area contributed by atoms with Crippen LogP contribution in [0.25, 0.3) is 11.3 Å². The third-order valence-electron chi connectivity index (χ3n) is 6.98. The van der Waals surface area contributed by atoms with Crippen molar-refractivity contribution in [2.24, 2.45) is 0 Å². The first-order chi connectivity index (χ1) is 13.8. The van der Waals surface area contributed by atoms with Crippen molar-refractivity contribution < 1.29 is 5.11 Å². The van der Waals surface area contributed by atoms with Gasteiger partial charge in [-0.25, -0.2) is 4.98 Å². The van der Waals surface area contributed by atoms with Crippen LogP contribution in [0.4, 0.5) is 5.95 Å². The van der Waals surface area contributed by atoms with Gasteiger partial charge in [-0.2, -0.15) is 0 Å². The van der Waals surface area contributed by atoms with Gasteiger partial charge in [0.05, 0.1) is 11.9 Å². The molecule has 1 unspecified atom stereocenters. The summed E-state index contributed by atoms with van der Waals surface area (Å²) in [7, 11) is 0. The zero-order valence-corrected chi connectivity index (χ0v) is 18.4. The summed E-state index contributed by atoms with van der Waals surface area (Å²) in [5.74, 6) is 0.962. The molecule has 1 aliphatic carbocycles. The summed E-state index contributed by atoms with van der Waals surface area (Å²) < 4.78 is 0. The largest absolute Gasteiger partial charge is 0.396 e. The molecule has 2 heterocycles. The van der Waals surface area contributed by atoms with Crippen LogP contribution in [0.15, 0.2) is 24.4 Å². The Morgan fingerprint density at radius 3 is 2.69 bits per heavy atom. The van der Waals surface area contributed by atoms with Crippen molar-refractivity contribution in [3.8, 4) is 11.3 Å². The van der Waals surface area contributed by atoms with Crippen LogP contribution in [0.2, 0.25) is 0 Å². The summed E-state index contributed by atoms with van der Waals surface area (Å²) in [6.07, 6.45) is 6.37. The fourth-order valence-corrected chi connectivity index (χ4v) is 4.88. The number of fused-ring (bicyclic) bond motifs is 1. The molecule has 0 saturated carbocycles. The van der Waals surface area contributed by atoms with E-state index in [1.54, 1.807) is 0 Å². The Hall–Kier alpha value is -1.85. The number of benzene rings is 1. The van der Waals surface area contributed by atoms with E-state index in [0.29, 0.717) is 6.04 Å². The standard InChI is InChI=1S/C24H36N4O/c1-23(2)9-10-24(3,4)20-14-17(6-7-19(20)23)21-15-26-22(27-21)28-12-8-18(16-28)25-11-5-13-29/h6-7,14-15,18,25,29H,5,8-13,16H2,1-4H3,(H,26,27). The SMILES string of the molecule is CC1(C)CCC(C)(C)c2cc(-c3cnc(N4CCC(NCCCO)C4)[nH]3)ccc21. The van der Waals surface area contributed by atoms with Crippen molar-refractivity contribution in [2.75, 3.05) is 31.1 Å². The lowest BCUT2D eigenvalue weighted by Gasteiger charge is -2.42. The first kappa shape index (κ1) is 20.4. The van der Waals surface area contributed by atoms with Crippen LogP contribution >= 0.6 is 0 Å². The first-order valence-electron chi connectivity index (χ1n) is 11.1. The highest BCUT2D eigenvalue weighted by atomic mass is 16.3. The van der Waals surface area contributed by atoms with Crippen LogP contribution in [-0.4, -0.2) is 47.4 Å². The van der Waals surface area contributed by atoms with Gasteiger partial charge < -0.3 is 20.3 Å². The third-order valence-corrected chi connectivity index (χ3v) is 6.98. The normalized spacial score (nSPS) is 22.7. The van der Waals surface area contributed by atoms with Gasteiger partial charge >= 0.3 is 0 Å². The maximum Gasteiger partial charge on any atom is 0.203 e. The number of nitrogens with zero attached hydrogens (tertiary/aromatic N) is 2. The highest BCUT2D eigenvalue weighted by Gasteiger charge is 2.37. The molecule has 0 bridgehead atoms. The molecule has 4 rings (SSSR count). The molecule has 29 heavy (non-hydrogen) atoms. The third kappa shape index (κ3) is 4.08. The van der Waals surface area contributed by atoms with E-state index in [9.17, 15) is 0 Å². The topological polar surface area (TPSA) is 64.2 Å². The van der Waals surface area contributed by atoms with Gasteiger partial charge in [-0.15, -0.1) is 0 Å². The maximum atomic E-state index is 8.95. The van der Waals surface area contributed by atoms with Crippen LogP contribution in [-0.2, 0) is 10.8 Å². The van der Waals surface area contributed by atoms with Crippen LogP contribution in [0.5, 0.6) is 0 Å². The number of aromatic amines is 1. The molecule has 3 N–H and O–H groups in total. The quantitative estimate of drug-likeness (QED) is 0.647. The Labute approximate surface area is 174 Å². The number of aromatic nitrogens is 2. The van der Waals surface area contributed by atoms with Gasteiger partial charge in [0.25, 0.3) is 0 Å². The van der Waals surface area contributed by atoms with Gasteiger partial charge in [0.2, 0.25) is 5.95 Å². The molecular weight excluding hydrogens is 360 g/mol. The summed E-state index contributed by atoms with van der Waals surface area (Å²) in [4.78, 5) is 10.6. The van der Waals surface area contributed by atoms with Crippen molar-refractivity contribution >= 4 is 5.95 Å². The molecule has 0 amide bonds. The molecule has 0 radical (unpaired) electrons. The fraction of sp³-hybridized carbons (Fsp3) is 0.625. The van der Waals surface area contributed by atoms with E-state index >= 15 is 0 Å². The zero-order valence-electron chi connectivity index (χ0n) is 18.4. The summed E-state index contributed by atoms with van der Waals surface area (Å²) in [5, 5.41) is 12.5. The minimum absolute atomic E-state index is 0.214. The Balaban J connectivity index is 1.52. The fourth-order valence-electron chi connectivity index (χ4n) is 4.88. The lowest BCUT2D eigenvalue weighted by atomic mass is 9.63. The molecule has 2 aliphatic rings. The zero-order chi connectivity index (χ0) is 20.6. The van der Waals surface area contributed by atoms with Gasteiger partial charge in [-0.1, -0.05) is 39.8 Å². The summed E-state index contributed by atoms with van der Waals surface area (Å²) >= 11 is 0. The molecule has 1 atom stereocenters. The Morgan fingerprint density at radius 2 is 1.93 bits per heavy atom. The van der Waals surface area contributed by atoms with E-state index in [-0.39, 0.29) is 17.4 Å². The Morgan fingerprint density at radius 1 is 1.17 bits per heavy atom. The minimum atomic E-state index is 0.214. The maximum absolute atomic E-state index is 8.95. The molecule has 158 valence electrons.